The van der Waals surface area contributed by atoms with Crippen molar-refractivity contribution < 1.29 is 28.2 Å². The second kappa shape index (κ2) is 7.14. The number of anilines is 1. The highest BCUT2D eigenvalue weighted by Crippen LogP contribution is 2.27. The summed E-state index contributed by atoms with van der Waals surface area (Å²) >= 11 is 0. The fourth-order valence-corrected chi connectivity index (χ4v) is 3.04. The first kappa shape index (κ1) is 18.1. The number of carbonyl (C=O) groups is 1. The maximum atomic E-state index is 12.4. The average Bonchev–Trinajstić information content (AvgIpc) is 2.55. The molecule has 2 rings (SSSR count). The fourth-order valence-electron chi connectivity index (χ4n) is 1.93. The second-order valence-corrected chi connectivity index (χ2v) is 6.61. The summed E-state index contributed by atoms with van der Waals surface area (Å²) in [5, 5.41) is 18.7. The highest BCUT2D eigenvalue weighted by molar-refractivity contribution is 7.97. The van der Waals surface area contributed by atoms with Gasteiger partial charge in [0.1, 0.15) is 5.75 Å². The van der Waals surface area contributed by atoms with E-state index >= 15 is 0 Å². The number of amides is 1. The van der Waals surface area contributed by atoms with Gasteiger partial charge in [-0.05, 0) is 48.0 Å². The first-order valence-electron chi connectivity index (χ1n) is 6.93. The van der Waals surface area contributed by atoms with Gasteiger partial charge in [0.25, 0.3) is 15.9 Å². The van der Waals surface area contributed by atoms with Gasteiger partial charge >= 0.3 is 0 Å². The van der Waals surface area contributed by atoms with E-state index in [-0.39, 0.29) is 17.0 Å². The molecule has 0 heterocycles. The topological polar surface area (TPSA) is 139 Å². The van der Waals surface area contributed by atoms with Gasteiger partial charge in [-0.15, -0.1) is 0 Å². The molecule has 0 saturated heterocycles. The number of phenols is 2. The van der Waals surface area contributed by atoms with Crippen LogP contribution in [0.5, 0.6) is 17.2 Å². The van der Waals surface area contributed by atoms with Crippen LogP contribution in [0.15, 0.2) is 47.4 Å². The highest BCUT2D eigenvalue weighted by atomic mass is 32.2. The minimum atomic E-state index is -4.26. The summed E-state index contributed by atoms with van der Waals surface area (Å²) in [4.78, 5) is 10.9. The summed E-state index contributed by atoms with van der Waals surface area (Å²) in [6.07, 6.45) is 0.993. The summed E-state index contributed by atoms with van der Waals surface area (Å²) in [5.41, 5.74) is 5.56. The molecular weight excluding hydrogens is 348 g/mol. The Kier molecular flexibility index (Phi) is 5.18. The lowest BCUT2D eigenvalue weighted by molar-refractivity contribution is -0.113. The number of nitrogens with one attached hydrogen (secondary N) is 1. The van der Waals surface area contributed by atoms with Crippen molar-refractivity contribution in [3.8, 4) is 17.2 Å². The average molecular weight is 364 g/mol. The molecule has 1 amide bonds. The van der Waals surface area contributed by atoms with Gasteiger partial charge in [-0.1, -0.05) is 6.07 Å². The lowest BCUT2D eigenvalue weighted by atomic mass is 10.2. The summed E-state index contributed by atoms with van der Waals surface area (Å²) in [6.45, 7) is 0. The molecule has 0 radical (unpaired) electrons. The van der Waals surface area contributed by atoms with Crippen molar-refractivity contribution >= 4 is 27.7 Å². The van der Waals surface area contributed by atoms with Gasteiger partial charge < -0.3 is 20.7 Å². The van der Waals surface area contributed by atoms with Gasteiger partial charge in [0.2, 0.25) is 0 Å². The predicted octanol–water partition coefficient (Wildman–Crippen LogP) is 1.37. The van der Waals surface area contributed by atoms with Crippen molar-refractivity contribution in [3.05, 3.63) is 52.9 Å². The van der Waals surface area contributed by atoms with Crippen molar-refractivity contribution in [2.24, 2.45) is 5.73 Å². The zero-order valence-electron chi connectivity index (χ0n) is 13.1. The van der Waals surface area contributed by atoms with E-state index in [1.165, 1.54) is 25.3 Å². The number of benzene rings is 2. The number of rotatable bonds is 6. The Balaban J connectivity index is 2.38. The summed E-state index contributed by atoms with van der Waals surface area (Å²) < 4.78 is 32.1. The summed E-state index contributed by atoms with van der Waals surface area (Å²) in [7, 11) is -2.79. The second-order valence-electron chi connectivity index (χ2n) is 4.95. The van der Waals surface area contributed by atoms with Gasteiger partial charge in [-0.25, -0.2) is 8.42 Å². The molecule has 9 heteroatoms. The zero-order valence-corrected chi connectivity index (χ0v) is 13.9. The van der Waals surface area contributed by atoms with Gasteiger partial charge in [0.15, 0.2) is 16.4 Å². The van der Waals surface area contributed by atoms with Crippen molar-refractivity contribution in [1.82, 2.24) is 0 Å². The molecule has 8 nitrogen and oxygen atoms in total. The zero-order chi connectivity index (χ0) is 18.6. The molecule has 0 aliphatic rings. The molecule has 2 aromatic carbocycles. The number of phenolic OH excluding ortho intramolecular Hbond substituents is 2. The van der Waals surface area contributed by atoms with Crippen LogP contribution in [0.25, 0.3) is 6.08 Å². The highest BCUT2D eigenvalue weighted by Gasteiger charge is 2.23. The maximum absolute atomic E-state index is 12.4. The van der Waals surface area contributed by atoms with E-state index < -0.39 is 26.6 Å². The summed E-state index contributed by atoms with van der Waals surface area (Å²) in [5.74, 6) is -1.48. The van der Waals surface area contributed by atoms with Crippen LogP contribution >= 0.6 is 0 Å². The standard InChI is InChI=1S/C16H16N2O6S/c1-24-12-5-3-11(4-6-12)18-25(22,23)15(16(17)21)9-10-2-7-13(19)14(20)8-10/h2-9,18-20H,1H3,(H2,17,21). The number of aromatic hydroxyl groups is 2. The maximum Gasteiger partial charge on any atom is 0.267 e. The smallest absolute Gasteiger partial charge is 0.267 e. The lowest BCUT2D eigenvalue weighted by Crippen LogP contribution is -2.25. The Hall–Kier alpha value is -3.20. The van der Waals surface area contributed by atoms with Crippen molar-refractivity contribution in [2.45, 2.75) is 0 Å². The van der Waals surface area contributed by atoms with Gasteiger partial charge in [0.05, 0.1) is 7.11 Å². The normalized spacial score (nSPS) is 11.8. The molecule has 25 heavy (non-hydrogen) atoms. The molecule has 0 atom stereocenters. The number of hydrogen-bond acceptors (Lipinski definition) is 6. The monoisotopic (exact) mass is 364 g/mol. The number of primary amides is 1. The van der Waals surface area contributed by atoms with Crippen molar-refractivity contribution in [1.29, 1.82) is 0 Å². The van der Waals surface area contributed by atoms with Crippen LogP contribution in [-0.2, 0) is 14.8 Å². The van der Waals surface area contributed by atoms with E-state index in [2.05, 4.69) is 4.72 Å². The third kappa shape index (κ3) is 4.42. The van der Waals surface area contributed by atoms with Crippen LogP contribution in [0.4, 0.5) is 5.69 Å². The SMILES string of the molecule is COc1ccc(NS(=O)(=O)C(=Cc2ccc(O)c(O)c2)C(N)=O)cc1. The molecule has 0 saturated carbocycles. The van der Waals surface area contributed by atoms with Crippen LogP contribution in [0.2, 0.25) is 0 Å². The molecule has 0 aromatic heterocycles. The van der Waals surface area contributed by atoms with Crippen molar-refractivity contribution in [3.63, 3.8) is 0 Å². The minimum Gasteiger partial charge on any atom is -0.504 e. The molecule has 0 spiro atoms. The third-order valence-corrected chi connectivity index (χ3v) is 4.57. The molecule has 0 aliphatic carbocycles. The predicted molar refractivity (Wildman–Crippen MR) is 92.5 cm³/mol. The molecule has 0 unspecified atom stereocenters. The number of sulfonamides is 1. The molecule has 2 aromatic rings. The molecule has 0 aliphatic heterocycles. The molecular formula is C16H16N2O6S. The molecule has 0 fully saturated rings. The van der Waals surface area contributed by atoms with E-state index in [4.69, 9.17) is 10.5 Å². The fraction of sp³-hybridized carbons (Fsp3) is 0.0625. The van der Waals surface area contributed by atoms with Crippen LogP contribution in [0.1, 0.15) is 5.56 Å². The minimum absolute atomic E-state index is 0.171. The Morgan fingerprint density at radius 1 is 1.12 bits per heavy atom. The Morgan fingerprint density at radius 2 is 1.76 bits per heavy atom. The molecule has 132 valence electrons. The lowest BCUT2D eigenvalue weighted by Gasteiger charge is -2.10. The number of methoxy groups -OCH3 is 1. The Morgan fingerprint density at radius 3 is 2.28 bits per heavy atom. The van der Waals surface area contributed by atoms with E-state index in [0.717, 1.165) is 18.2 Å². The van der Waals surface area contributed by atoms with Crippen LogP contribution in [0.3, 0.4) is 0 Å². The van der Waals surface area contributed by atoms with Crippen molar-refractivity contribution in [2.75, 3.05) is 11.8 Å². The van der Waals surface area contributed by atoms with E-state index in [1.54, 1.807) is 12.1 Å². The molecule has 0 bridgehead atoms. The third-order valence-electron chi connectivity index (χ3n) is 3.17. The van der Waals surface area contributed by atoms with Gasteiger partial charge in [-0.3, -0.25) is 9.52 Å². The first-order valence-corrected chi connectivity index (χ1v) is 8.41. The quantitative estimate of drug-likeness (QED) is 0.451. The van der Waals surface area contributed by atoms with Gasteiger partial charge in [-0.2, -0.15) is 0 Å². The Labute approximate surface area is 144 Å². The number of hydrogen-bond donors (Lipinski definition) is 4. The first-order chi connectivity index (χ1) is 11.7. The van der Waals surface area contributed by atoms with Crippen LogP contribution < -0.4 is 15.2 Å². The molecule has 5 N–H and O–H groups in total. The number of carbonyl (C=O) groups excluding carboxylic acids is 1. The van der Waals surface area contributed by atoms with E-state index in [9.17, 15) is 23.4 Å². The Bertz CT molecular complexity index is 920. The van der Waals surface area contributed by atoms with Gasteiger partial charge in [0, 0.05) is 5.69 Å². The van der Waals surface area contributed by atoms with Crippen LogP contribution in [-0.4, -0.2) is 31.6 Å². The van der Waals surface area contributed by atoms with E-state index in [1.807, 2.05) is 0 Å². The largest absolute Gasteiger partial charge is 0.504 e. The summed E-state index contributed by atoms with van der Waals surface area (Å²) in [6, 6.07) is 9.58. The van der Waals surface area contributed by atoms with E-state index in [0.29, 0.717) is 5.75 Å². The number of nitrogens with two attached hydrogens (primary N) is 1. The number of ether oxygens (including phenoxy) is 1. The van der Waals surface area contributed by atoms with Crippen LogP contribution in [0, 0.1) is 0 Å².